The molecule has 112 valence electrons. The quantitative estimate of drug-likeness (QED) is 0.783. The zero-order chi connectivity index (χ0) is 15.4. The fourth-order valence-corrected chi connectivity index (χ4v) is 3.04. The van der Waals surface area contributed by atoms with E-state index in [1.807, 2.05) is 12.1 Å². The predicted octanol–water partition coefficient (Wildman–Crippen LogP) is 5.39. The molecule has 0 bridgehead atoms. The van der Waals surface area contributed by atoms with Crippen LogP contribution in [0.5, 0.6) is 0 Å². The molecule has 0 aliphatic rings. The van der Waals surface area contributed by atoms with E-state index in [-0.39, 0.29) is 6.04 Å². The molecule has 0 aromatic heterocycles. The van der Waals surface area contributed by atoms with Crippen molar-refractivity contribution in [2.24, 2.45) is 0 Å². The first-order valence-corrected chi connectivity index (χ1v) is 7.91. The number of halogens is 1. The Kier molecular flexibility index (Phi) is 5.43. The molecule has 0 fully saturated rings. The molecule has 2 aromatic carbocycles. The lowest BCUT2D eigenvalue weighted by molar-refractivity contribution is 0.185. The smallest absolute Gasteiger partial charge is 0.0744 e. The third kappa shape index (κ3) is 4.08. The van der Waals surface area contributed by atoms with E-state index >= 15 is 0 Å². The summed E-state index contributed by atoms with van der Waals surface area (Å²) < 4.78 is 6.38. The van der Waals surface area contributed by atoms with Crippen molar-refractivity contribution in [3.63, 3.8) is 0 Å². The van der Waals surface area contributed by atoms with Gasteiger partial charge in [0, 0.05) is 28.9 Å². The van der Waals surface area contributed by atoms with Gasteiger partial charge >= 0.3 is 0 Å². The number of nitrogens with one attached hydrogen (secondary N) is 1. The van der Waals surface area contributed by atoms with Crippen molar-refractivity contribution in [3.05, 3.63) is 63.1 Å². The van der Waals surface area contributed by atoms with Crippen molar-refractivity contribution < 1.29 is 4.74 Å². The molecular weight excluding hydrogens is 326 g/mol. The molecule has 0 saturated heterocycles. The minimum Gasteiger partial charge on any atom is -0.380 e. The molecule has 0 spiro atoms. The number of benzene rings is 2. The molecule has 0 amide bonds. The first kappa shape index (κ1) is 16.1. The van der Waals surface area contributed by atoms with Crippen molar-refractivity contribution in [1.82, 2.24) is 0 Å². The maximum absolute atomic E-state index is 5.30. The van der Waals surface area contributed by atoms with Gasteiger partial charge in [-0.3, -0.25) is 0 Å². The average Bonchev–Trinajstić information content (AvgIpc) is 2.41. The number of anilines is 1. The summed E-state index contributed by atoms with van der Waals surface area (Å²) in [5.74, 6) is 0. The molecule has 2 aromatic rings. The van der Waals surface area contributed by atoms with Crippen LogP contribution in [0.2, 0.25) is 0 Å². The van der Waals surface area contributed by atoms with Gasteiger partial charge in [-0.1, -0.05) is 51.3 Å². The Hall–Kier alpha value is -1.32. The second-order valence-corrected chi connectivity index (χ2v) is 6.34. The number of methoxy groups -OCH3 is 1. The van der Waals surface area contributed by atoms with Crippen molar-refractivity contribution >= 4 is 21.6 Å². The lowest BCUT2D eigenvalue weighted by Gasteiger charge is -2.20. The maximum Gasteiger partial charge on any atom is 0.0744 e. The highest BCUT2D eigenvalue weighted by Crippen LogP contribution is 2.29. The first-order valence-electron chi connectivity index (χ1n) is 7.12. The molecule has 0 saturated carbocycles. The highest BCUT2D eigenvalue weighted by Gasteiger charge is 2.11. The lowest BCUT2D eigenvalue weighted by Crippen LogP contribution is -2.09. The van der Waals surface area contributed by atoms with Crippen LogP contribution in [0, 0.1) is 13.8 Å². The summed E-state index contributed by atoms with van der Waals surface area (Å²) >= 11 is 3.60. The zero-order valence-corrected chi connectivity index (χ0v) is 14.6. The molecule has 0 radical (unpaired) electrons. The van der Waals surface area contributed by atoms with Gasteiger partial charge in [-0.05, 0) is 38.5 Å². The molecule has 1 unspecified atom stereocenters. The second-order valence-electron chi connectivity index (χ2n) is 5.49. The fourth-order valence-electron chi connectivity index (χ4n) is 2.56. The van der Waals surface area contributed by atoms with Crippen LogP contribution in [-0.4, -0.2) is 7.11 Å². The van der Waals surface area contributed by atoms with E-state index in [1.54, 1.807) is 7.11 Å². The van der Waals surface area contributed by atoms with Gasteiger partial charge in [-0.2, -0.15) is 0 Å². The van der Waals surface area contributed by atoms with Gasteiger partial charge in [0.25, 0.3) is 0 Å². The van der Waals surface area contributed by atoms with E-state index in [0.29, 0.717) is 6.61 Å². The molecule has 1 N–H and O–H groups in total. The number of rotatable bonds is 5. The van der Waals surface area contributed by atoms with E-state index in [0.717, 1.165) is 15.7 Å². The van der Waals surface area contributed by atoms with Crippen LogP contribution in [0.1, 0.15) is 35.2 Å². The molecule has 0 aliphatic heterocycles. The molecule has 21 heavy (non-hydrogen) atoms. The Balaban J connectivity index is 2.27. The normalized spacial score (nSPS) is 12.2. The van der Waals surface area contributed by atoms with E-state index in [9.17, 15) is 0 Å². The Morgan fingerprint density at radius 1 is 1.14 bits per heavy atom. The molecule has 3 heteroatoms. The van der Waals surface area contributed by atoms with Crippen LogP contribution in [0.3, 0.4) is 0 Å². The summed E-state index contributed by atoms with van der Waals surface area (Å²) in [7, 11) is 1.72. The second kappa shape index (κ2) is 7.10. The Labute approximate surface area is 135 Å². The van der Waals surface area contributed by atoms with Gasteiger partial charge < -0.3 is 10.1 Å². The molecule has 2 nitrogen and oxygen atoms in total. The van der Waals surface area contributed by atoms with E-state index in [1.165, 1.54) is 16.7 Å². The van der Waals surface area contributed by atoms with Gasteiger partial charge in [-0.25, -0.2) is 0 Å². The summed E-state index contributed by atoms with van der Waals surface area (Å²) in [5, 5.41) is 3.60. The van der Waals surface area contributed by atoms with Crippen molar-refractivity contribution in [2.45, 2.75) is 33.4 Å². The summed E-state index contributed by atoms with van der Waals surface area (Å²) in [6.07, 6.45) is 0. The van der Waals surface area contributed by atoms with Crippen LogP contribution < -0.4 is 5.32 Å². The topological polar surface area (TPSA) is 21.3 Å². The van der Waals surface area contributed by atoms with Crippen LogP contribution in [0.25, 0.3) is 0 Å². The van der Waals surface area contributed by atoms with Crippen molar-refractivity contribution in [3.8, 4) is 0 Å². The Morgan fingerprint density at radius 2 is 1.81 bits per heavy atom. The fraction of sp³-hybridized carbons (Fsp3) is 0.333. The SMILES string of the molecule is COCc1c(Br)cccc1NC(C)c1cc(C)cc(C)c1. The minimum atomic E-state index is 0.244. The third-order valence-corrected chi connectivity index (χ3v) is 4.27. The minimum absolute atomic E-state index is 0.244. The van der Waals surface area contributed by atoms with Crippen molar-refractivity contribution in [2.75, 3.05) is 12.4 Å². The van der Waals surface area contributed by atoms with E-state index in [4.69, 9.17) is 4.74 Å². The summed E-state index contributed by atoms with van der Waals surface area (Å²) in [6, 6.07) is 13.1. The largest absolute Gasteiger partial charge is 0.380 e. The van der Waals surface area contributed by atoms with Crippen LogP contribution in [0.4, 0.5) is 5.69 Å². The Morgan fingerprint density at radius 3 is 2.43 bits per heavy atom. The van der Waals surface area contributed by atoms with Crippen LogP contribution in [-0.2, 0) is 11.3 Å². The van der Waals surface area contributed by atoms with Gasteiger partial charge in [0.05, 0.1) is 6.61 Å². The van der Waals surface area contributed by atoms with E-state index in [2.05, 4.69) is 66.3 Å². The van der Waals surface area contributed by atoms with Gasteiger partial charge in [0.1, 0.15) is 0 Å². The molecule has 2 rings (SSSR count). The van der Waals surface area contributed by atoms with Gasteiger partial charge in [0.2, 0.25) is 0 Å². The molecule has 0 heterocycles. The highest BCUT2D eigenvalue weighted by atomic mass is 79.9. The number of ether oxygens (including phenoxy) is 1. The van der Waals surface area contributed by atoms with Gasteiger partial charge in [-0.15, -0.1) is 0 Å². The van der Waals surface area contributed by atoms with E-state index < -0.39 is 0 Å². The number of hydrogen-bond donors (Lipinski definition) is 1. The number of aryl methyl sites for hydroxylation is 2. The summed E-state index contributed by atoms with van der Waals surface area (Å²) in [4.78, 5) is 0. The zero-order valence-electron chi connectivity index (χ0n) is 13.0. The number of hydrogen-bond acceptors (Lipinski definition) is 2. The highest BCUT2D eigenvalue weighted by molar-refractivity contribution is 9.10. The monoisotopic (exact) mass is 347 g/mol. The molecular formula is C18H22BrNO. The standard InChI is InChI=1S/C18H22BrNO/c1-12-8-13(2)10-15(9-12)14(3)20-18-7-5-6-17(19)16(18)11-21-4/h5-10,14,20H,11H2,1-4H3. The van der Waals surface area contributed by atoms with Crippen LogP contribution >= 0.6 is 15.9 Å². The molecule has 0 aliphatic carbocycles. The average molecular weight is 348 g/mol. The van der Waals surface area contributed by atoms with Gasteiger partial charge in [0.15, 0.2) is 0 Å². The third-order valence-electron chi connectivity index (χ3n) is 3.52. The maximum atomic E-state index is 5.30. The predicted molar refractivity (Wildman–Crippen MR) is 92.8 cm³/mol. The van der Waals surface area contributed by atoms with Crippen LogP contribution in [0.15, 0.2) is 40.9 Å². The molecule has 1 atom stereocenters. The summed E-state index contributed by atoms with van der Waals surface area (Å²) in [6.45, 7) is 7.05. The van der Waals surface area contributed by atoms with Crippen molar-refractivity contribution in [1.29, 1.82) is 0 Å². The first-order chi connectivity index (χ1) is 10.0. The lowest BCUT2D eigenvalue weighted by atomic mass is 10.0. The summed E-state index contributed by atoms with van der Waals surface area (Å²) in [5.41, 5.74) is 6.15. The Bertz CT molecular complexity index is 604.